The van der Waals surface area contributed by atoms with Crippen molar-refractivity contribution in [3.05, 3.63) is 29.3 Å². The molecule has 1 atom stereocenters. The molecule has 4 aliphatic heterocycles. The van der Waals surface area contributed by atoms with Crippen LogP contribution in [0, 0.1) is 6.92 Å². The number of carbonyl (C=O) groups excluding carboxylic acids is 1. The van der Waals surface area contributed by atoms with E-state index in [0.717, 1.165) is 80.0 Å². The van der Waals surface area contributed by atoms with Crippen LogP contribution in [0.15, 0.2) is 18.2 Å². The Kier molecular flexibility index (Phi) is 9.33. The summed E-state index contributed by atoms with van der Waals surface area (Å²) in [6.45, 7) is 5.93. The minimum Gasteiger partial charge on any atom is -0.480 e. The predicted molar refractivity (Wildman–Crippen MR) is 149 cm³/mol. The van der Waals surface area contributed by atoms with Crippen molar-refractivity contribution in [2.24, 2.45) is 0 Å². The molecule has 1 amide bonds. The largest absolute Gasteiger partial charge is 0.480 e. The van der Waals surface area contributed by atoms with Gasteiger partial charge in [0.25, 0.3) is 6.10 Å². The number of aryl methyl sites for hydroxylation is 1. The number of alkyl halides is 6. The van der Waals surface area contributed by atoms with E-state index in [0.29, 0.717) is 25.8 Å². The minimum absolute atomic E-state index is 0.0138. The Morgan fingerprint density at radius 1 is 0.932 bits per heavy atom. The standard InChI is InChI=1S/C30H40F6N4O4/c1-20-5-6-21(24(18-20)37-14-7-22(8-15-37)40-13-2-4-23(40)25(41)42)19-39-12-3-9-28(39)10-16-38(17-11-28)27(43)44-26(29(31,32)33)30(34,35)36/h5-6,18,22-23,26H,2-4,7-17,19H2,1H3,(H,41,42). The summed E-state index contributed by atoms with van der Waals surface area (Å²) in [5, 5.41) is 9.62. The number of carboxylic acid groups (broad SMARTS) is 1. The number of benzene rings is 1. The zero-order valence-corrected chi connectivity index (χ0v) is 24.8. The first-order valence-corrected chi connectivity index (χ1v) is 15.3. The van der Waals surface area contributed by atoms with Crippen LogP contribution in [0.3, 0.4) is 0 Å². The highest BCUT2D eigenvalue weighted by Crippen LogP contribution is 2.42. The molecule has 4 heterocycles. The molecule has 0 aliphatic carbocycles. The van der Waals surface area contributed by atoms with Crippen LogP contribution in [0.2, 0.25) is 0 Å². The Balaban J connectivity index is 1.22. The number of halogens is 6. The molecule has 1 aromatic carbocycles. The zero-order chi connectivity index (χ0) is 31.9. The molecule has 1 aromatic rings. The van der Waals surface area contributed by atoms with Gasteiger partial charge in [-0.2, -0.15) is 26.3 Å². The monoisotopic (exact) mass is 634 g/mol. The third kappa shape index (κ3) is 6.90. The second kappa shape index (κ2) is 12.6. The van der Waals surface area contributed by atoms with Crippen LogP contribution >= 0.6 is 0 Å². The lowest BCUT2D eigenvalue weighted by molar-refractivity contribution is -0.308. The Morgan fingerprint density at radius 3 is 2.20 bits per heavy atom. The number of carbonyl (C=O) groups is 2. The first-order valence-electron chi connectivity index (χ1n) is 15.3. The number of amides is 1. The summed E-state index contributed by atoms with van der Waals surface area (Å²) in [7, 11) is 0. The normalized spacial score (nSPS) is 24.0. The van der Waals surface area contributed by atoms with E-state index >= 15 is 0 Å². The molecule has 4 fully saturated rings. The highest BCUT2D eigenvalue weighted by molar-refractivity contribution is 5.74. The van der Waals surface area contributed by atoms with Gasteiger partial charge in [-0.25, -0.2) is 4.79 Å². The summed E-state index contributed by atoms with van der Waals surface area (Å²) in [5.41, 5.74) is 3.09. The fourth-order valence-electron chi connectivity index (χ4n) is 7.64. The van der Waals surface area contributed by atoms with E-state index in [2.05, 4.69) is 37.6 Å². The first kappa shape index (κ1) is 32.6. The van der Waals surface area contributed by atoms with Crippen LogP contribution in [0.4, 0.5) is 36.8 Å². The number of aliphatic carboxylic acids is 1. The number of nitrogens with zero attached hydrogens (tertiary/aromatic N) is 4. The molecule has 0 aromatic heterocycles. The maximum Gasteiger partial charge on any atom is 0.434 e. The molecule has 0 bridgehead atoms. The summed E-state index contributed by atoms with van der Waals surface area (Å²) in [6.07, 6.45) is -11.3. The van der Waals surface area contributed by atoms with E-state index in [1.54, 1.807) is 0 Å². The molecule has 5 rings (SSSR count). The van der Waals surface area contributed by atoms with Crippen molar-refractivity contribution < 1.29 is 45.8 Å². The van der Waals surface area contributed by atoms with E-state index in [1.807, 2.05) is 6.92 Å². The molecule has 246 valence electrons. The summed E-state index contributed by atoms with van der Waals surface area (Å²) in [4.78, 5) is 31.9. The quantitative estimate of drug-likeness (QED) is 0.410. The summed E-state index contributed by atoms with van der Waals surface area (Å²) in [5.74, 6) is -0.750. The maximum absolute atomic E-state index is 12.9. The van der Waals surface area contributed by atoms with Crippen molar-refractivity contribution in [1.29, 1.82) is 0 Å². The van der Waals surface area contributed by atoms with E-state index in [9.17, 15) is 41.0 Å². The minimum atomic E-state index is -5.75. The van der Waals surface area contributed by atoms with Crippen LogP contribution in [0.25, 0.3) is 0 Å². The average Bonchev–Trinajstić information content (AvgIpc) is 3.60. The molecule has 4 aliphatic rings. The molecule has 44 heavy (non-hydrogen) atoms. The van der Waals surface area contributed by atoms with Gasteiger partial charge in [-0.1, -0.05) is 12.1 Å². The number of anilines is 1. The number of hydrogen-bond donors (Lipinski definition) is 1. The highest BCUT2D eigenvalue weighted by Gasteiger charge is 2.60. The van der Waals surface area contributed by atoms with Crippen molar-refractivity contribution >= 4 is 17.7 Å². The van der Waals surface area contributed by atoms with Crippen LogP contribution < -0.4 is 4.90 Å². The smallest absolute Gasteiger partial charge is 0.434 e. The SMILES string of the molecule is Cc1ccc(CN2CCCC23CCN(C(=O)OC(C(F)(F)F)C(F)(F)F)CC3)c(N2CCC(N3CCCC3C(=O)O)CC2)c1. The summed E-state index contributed by atoms with van der Waals surface area (Å²) in [6, 6.07) is 6.18. The Morgan fingerprint density at radius 2 is 1.59 bits per heavy atom. The fraction of sp³-hybridized carbons (Fsp3) is 0.733. The maximum atomic E-state index is 12.9. The topological polar surface area (TPSA) is 76.6 Å². The number of carboxylic acids is 1. The summed E-state index contributed by atoms with van der Waals surface area (Å²) < 4.78 is 81.4. The molecule has 1 spiro atoms. The number of ether oxygens (including phenoxy) is 1. The van der Waals surface area contributed by atoms with Gasteiger partial charge in [0, 0.05) is 50.0 Å². The zero-order valence-electron chi connectivity index (χ0n) is 24.8. The van der Waals surface area contributed by atoms with Crippen LogP contribution in [0.1, 0.15) is 62.5 Å². The number of hydrogen-bond acceptors (Lipinski definition) is 6. The molecule has 0 radical (unpaired) electrons. The number of likely N-dealkylation sites (tertiary alicyclic amines) is 3. The van der Waals surface area contributed by atoms with E-state index in [1.165, 1.54) is 0 Å². The Labute approximate surface area is 252 Å². The van der Waals surface area contributed by atoms with E-state index in [4.69, 9.17) is 0 Å². The van der Waals surface area contributed by atoms with Gasteiger partial charge in [0.15, 0.2) is 0 Å². The van der Waals surface area contributed by atoms with Gasteiger partial charge >= 0.3 is 24.4 Å². The predicted octanol–water partition coefficient (Wildman–Crippen LogP) is 5.57. The van der Waals surface area contributed by atoms with Gasteiger partial charge < -0.3 is 19.6 Å². The van der Waals surface area contributed by atoms with Gasteiger partial charge in [-0.3, -0.25) is 14.6 Å². The second-order valence-corrected chi connectivity index (χ2v) is 12.7. The van der Waals surface area contributed by atoms with Crippen molar-refractivity contribution in [3.63, 3.8) is 0 Å². The Bertz CT molecular complexity index is 1180. The Hall–Kier alpha value is -2.74. The van der Waals surface area contributed by atoms with E-state index in [-0.39, 0.29) is 24.7 Å². The van der Waals surface area contributed by atoms with Crippen molar-refractivity contribution in [1.82, 2.24) is 14.7 Å². The van der Waals surface area contributed by atoms with Gasteiger partial charge in [0.2, 0.25) is 0 Å². The number of piperidine rings is 2. The van der Waals surface area contributed by atoms with Gasteiger partial charge in [-0.05, 0) is 88.6 Å². The molecule has 4 saturated heterocycles. The summed E-state index contributed by atoms with van der Waals surface area (Å²) >= 11 is 0. The first-order chi connectivity index (χ1) is 20.7. The average molecular weight is 635 g/mol. The molecule has 14 heteroatoms. The number of rotatable bonds is 6. The van der Waals surface area contributed by atoms with Crippen LogP contribution in [-0.2, 0) is 16.1 Å². The van der Waals surface area contributed by atoms with Crippen LogP contribution in [-0.4, -0.2) is 107 Å². The molecular formula is C30H40F6N4O4. The van der Waals surface area contributed by atoms with E-state index < -0.39 is 36.6 Å². The molecule has 1 unspecified atom stereocenters. The molecule has 0 saturated carbocycles. The third-order valence-corrected chi connectivity index (χ3v) is 9.96. The van der Waals surface area contributed by atoms with Gasteiger partial charge in [0.1, 0.15) is 6.04 Å². The van der Waals surface area contributed by atoms with Crippen LogP contribution in [0.5, 0.6) is 0 Å². The van der Waals surface area contributed by atoms with Gasteiger partial charge in [-0.15, -0.1) is 0 Å². The fourth-order valence-corrected chi connectivity index (χ4v) is 7.64. The molecule has 1 N–H and O–H groups in total. The lowest BCUT2D eigenvalue weighted by atomic mass is 9.84. The lowest BCUT2D eigenvalue weighted by Gasteiger charge is -2.45. The molecule has 8 nitrogen and oxygen atoms in total. The van der Waals surface area contributed by atoms with Crippen molar-refractivity contribution in [3.8, 4) is 0 Å². The van der Waals surface area contributed by atoms with Gasteiger partial charge in [0.05, 0.1) is 0 Å². The lowest BCUT2D eigenvalue weighted by Crippen LogP contribution is -2.54. The molecular weight excluding hydrogens is 594 g/mol. The van der Waals surface area contributed by atoms with Crippen molar-refractivity contribution in [2.75, 3.05) is 44.2 Å². The second-order valence-electron chi connectivity index (χ2n) is 12.7. The van der Waals surface area contributed by atoms with Crippen molar-refractivity contribution in [2.45, 2.75) is 101 Å². The highest BCUT2D eigenvalue weighted by atomic mass is 19.4. The third-order valence-electron chi connectivity index (χ3n) is 9.96.